The lowest BCUT2D eigenvalue weighted by Gasteiger charge is -2.08. The number of hydrogen-bond donors (Lipinski definition) is 1. The number of alkyl carbamates (subject to hydrolysis) is 1. The van der Waals surface area contributed by atoms with Gasteiger partial charge in [-0.25, -0.2) is 10.1 Å². The van der Waals surface area contributed by atoms with Crippen molar-refractivity contribution in [1.29, 1.82) is 0 Å². The van der Waals surface area contributed by atoms with Crippen LogP contribution < -0.4 is 5.32 Å². The first-order valence-electron chi connectivity index (χ1n) is 5.01. The molecule has 0 unspecified atom stereocenters. The topological polar surface area (TPSA) is 55.4 Å². The fourth-order valence-electron chi connectivity index (χ4n) is 1.04. The van der Waals surface area contributed by atoms with Gasteiger partial charge in [-0.1, -0.05) is 12.8 Å². The van der Waals surface area contributed by atoms with E-state index in [0.29, 0.717) is 31.0 Å². The largest absolute Gasteiger partial charge is 0.487 e. The lowest BCUT2D eigenvalue weighted by molar-refractivity contribution is -0.150. The van der Waals surface area contributed by atoms with Gasteiger partial charge in [0, 0.05) is 6.42 Å². The first-order valence-corrected chi connectivity index (χ1v) is 5.39. The minimum atomic E-state index is -4.77. The fourth-order valence-corrected chi connectivity index (χ4v) is 1.17. The molecule has 0 aromatic rings. The first-order chi connectivity index (χ1) is 7.81. The van der Waals surface area contributed by atoms with E-state index in [0.717, 1.165) is 0 Å². The molecule has 0 spiro atoms. The highest BCUT2D eigenvalue weighted by Crippen LogP contribution is 2.10. The molecule has 4 nitrogen and oxygen atoms in total. The van der Waals surface area contributed by atoms with Gasteiger partial charge in [0.05, 0.1) is 6.61 Å². The third-order valence-electron chi connectivity index (χ3n) is 1.74. The summed E-state index contributed by atoms with van der Waals surface area (Å²) < 4.78 is 39.1. The van der Waals surface area contributed by atoms with E-state index in [1.807, 2.05) is 0 Å². The molecule has 17 heavy (non-hydrogen) atoms. The number of unbranched alkanes of at least 4 members (excludes halogenated alkanes) is 3. The Kier molecular flexibility index (Phi) is 7.69. The van der Waals surface area contributed by atoms with Crippen molar-refractivity contribution in [2.24, 2.45) is 0 Å². The summed E-state index contributed by atoms with van der Waals surface area (Å²) in [6, 6.07) is 0. The molecule has 0 rings (SSSR count). The lowest BCUT2D eigenvalue weighted by atomic mass is 10.2. The van der Waals surface area contributed by atoms with Gasteiger partial charge in [-0.2, -0.15) is 13.2 Å². The Hall–Kier alpha value is -0.980. The van der Waals surface area contributed by atoms with Crippen molar-refractivity contribution >= 4 is 22.9 Å². The van der Waals surface area contributed by atoms with Gasteiger partial charge in [-0.3, -0.25) is 4.79 Å². The number of carbonyl (C=O) groups excluding carboxylic acids is 2. The number of alkyl halides is 3. The third kappa shape index (κ3) is 13.0. The maximum absolute atomic E-state index is 11.6. The van der Waals surface area contributed by atoms with Crippen molar-refractivity contribution in [3.05, 3.63) is 0 Å². The Labute approximate surface area is 101 Å². The maximum Gasteiger partial charge on any atom is 0.487 e. The number of carbonyl (C=O) groups is 2. The van der Waals surface area contributed by atoms with Crippen LogP contribution in [0.5, 0.6) is 0 Å². The second kappa shape index (κ2) is 8.16. The number of rotatable bonds is 7. The maximum atomic E-state index is 11.6. The third-order valence-corrected chi connectivity index (χ3v) is 1.93. The second-order valence-electron chi connectivity index (χ2n) is 3.28. The van der Waals surface area contributed by atoms with E-state index in [4.69, 9.17) is 11.6 Å². The van der Waals surface area contributed by atoms with Crippen molar-refractivity contribution in [2.45, 2.75) is 38.4 Å². The summed E-state index contributed by atoms with van der Waals surface area (Å²) in [5, 5.41) is 0.302. The highest BCUT2D eigenvalue weighted by Gasteiger charge is 2.30. The van der Waals surface area contributed by atoms with Crippen LogP contribution in [0.2, 0.25) is 0 Å². The molecule has 0 aliphatic rings. The quantitative estimate of drug-likeness (QED) is 0.441. The molecule has 0 aliphatic heterocycles. The monoisotopic (exact) mass is 275 g/mol. The van der Waals surface area contributed by atoms with Gasteiger partial charge in [0.1, 0.15) is 0 Å². The van der Waals surface area contributed by atoms with Crippen LogP contribution in [0.3, 0.4) is 0 Å². The Morgan fingerprint density at radius 1 is 1.12 bits per heavy atom. The van der Waals surface area contributed by atoms with E-state index in [1.54, 1.807) is 0 Å². The molecule has 0 fully saturated rings. The molecule has 0 bridgehead atoms. The lowest BCUT2D eigenvalue weighted by Crippen LogP contribution is -2.37. The molecule has 0 aromatic heterocycles. The van der Waals surface area contributed by atoms with Gasteiger partial charge >= 0.3 is 12.4 Å². The average Bonchev–Trinajstić information content (AvgIpc) is 2.12. The van der Waals surface area contributed by atoms with E-state index in [-0.39, 0.29) is 13.0 Å². The Morgan fingerprint density at radius 3 is 2.24 bits per heavy atom. The molecule has 0 saturated heterocycles. The summed E-state index contributed by atoms with van der Waals surface area (Å²) in [5.41, 5.74) is 0. The summed E-state index contributed by atoms with van der Waals surface area (Å²) in [7, 11) is 0. The van der Waals surface area contributed by atoms with Gasteiger partial charge < -0.3 is 4.74 Å². The summed E-state index contributed by atoms with van der Waals surface area (Å²) >= 11 is 5.10. The van der Waals surface area contributed by atoms with Crippen molar-refractivity contribution in [2.75, 3.05) is 6.61 Å². The van der Waals surface area contributed by atoms with Crippen LogP contribution in [0.15, 0.2) is 0 Å². The smallest absolute Gasteiger partial charge is 0.449 e. The number of halogens is 4. The van der Waals surface area contributed by atoms with Gasteiger partial charge in [0.25, 0.3) is 0 Å². The van der Waals surface area contributed by atoms with Crippen molar-refractivity contribution in [3.8, 4) is 0 Å². The van der Waals surface area contributed by atoms with Crippen LogP contribution in [0.1, 0.15) is 32.1 Å². The molecule has 0 heterocycles. The summed E-state index contributed by atoms with van der Waals surface area (Å²) in [5.74, 6) is 0. The Bertz CT molecular complexity index is 258. The van der Waals surface area contributed by atoms with Crippen LogP contribution in [0.4, 0.5) is 18.0 Å². The SMILES string of the molecule is O=C(Cl)CCCCCCOC(=O)NC(F)(F)F. The van der Waals surface area contributed by atoms with Crippen LogP contribution in [-0.4, -0.2) is 24.2 Å². The standard InChI is InChI=1S/C9H13ClF3NO3/c10-7(15)5-3-1-2-4-6-17-8(16)14-9(11,12)13/h1-6H2,(H,14,16). The molecule has 8 heteroatoms. The predicted octanol–water partition coefficient (Wildman–Crippen LogP) is 2.95. The van der Waals surface area contributed by atoms with Crippen molar-refractivity contribution in [1.82, 2.24) is 5.32 Å². The average molecular weight is 276 g/mol. The number of hydrogen-bond acceptors (Lipinski definition) is 3. The first kappa shape index (κ1) is 16.0. The summed E-state index contributed by atoms with van der Waals surface area (Å²) in [6.45, 7) is -0.0866. The molecule has 1 amide bonds. The Morgan fingerprint density at radius 2 is 1.71 bits per heavy atom. The van der Waals surface area contributed by atoms with Crippen molar-refractivity contribution in [3.63, 3.8) is 0 Å². The van der Waals surface area contributed by atoms with Crippen molar-refractivity contribution < 1.29 is 27.5 Å². The minimum Gasteiger partial charge on any atom is -0.449 e. The summed E-state index contributed by atoms with van der Waals surface area (Å²) in [4.78, 5) is 20.9. The molecular formula is C9H13ClF3NO3. The number of nitrogens with one attached hydrogen (secondary N) is 1. The molecule has 0 atom stereocenters. The second-order valence-corrected chi connectivity index (χ2v) is 3.70. The van der Waals surface area contributed by atoms with E-state index in [9.17, 15) is 22.8 Å². The van der Waals surface area contributed by atoms with E-state index in [1.165, 1.54) is 0 Å². The Balaban J connectivity index is 3.34. The minimum absolute atomic E-state index is 0.0866. The van der Waals surface area contributed by atoms with Crippen LogP contribution >= 0.6 is 11.6 Å². The molecule has 0 saturated carbocycles. The van der Waals surface area contributed by atoms with Gasteiger partial charge in [-0.15, -0.1) is 0 Å². The van der Waals surface area contributed by atoms with Gasteiger partial charge in [0.15, 0.2) is 0 Å². The van der Waals surface area contributed by atoms with Gasteiger partial charge in [-0.05, 0) is 24.4 Å². The molecule has 0 aliphatic carbocycles. The fraction of sp³-hybridized carbons (Fsp3) is 0.778. The van der Waals surface area contributed by atoms with Crippen LogP contribution in [0.25, 0.3) is 0 Å². The number of ether oxygens (including phenoxy) is 1. The molecule has 0 radical (unpaired) electrons. The zero-order chi connectivity index (χ0) is 13.3. The van der Waals surface area contributed by atoms with E-state index < -0.39 is 17.6 Å². The normalized spacial score (nSPS) is 11.1. The van der Waals surface area contributed by atoms with E-state index >= 15 is 0 Å². The highest BCUT2D eigenvalue weighted by atomic mass is 35.5. The molecule has 0 aromatic carbocycles. The number of amides is 1. The van der Waals surface area contributed by atoms with Crippen LogP contribution in [-0.2, 0) is 9.53 Å². The van der Waals surface area contributed by atoms with Crippen LogP contribution in [0, 0.1) is 0 Å². The van der Waals surface area contributed by atoms with Gasteiger partial charge in [0.2, 0.25) is 5.24 Å². The zero-order valence-electron chi connectivity index (χ0n) is 8.98. The highest BCUT2D eigenvalue weighted by molar-refractivity contribution is 6.63. The summed E-state index contributed by atoms with van der Waals surface area (Å²) in [6.07, 6.45) is -3.56. The molecule has 1 N–H and O–H groups in total. The molecular weight excluding hydrogens is 263 g/mol. The zero-order valence-corrected chi connectivity index (χ0v) is 9.74. The predicted molar refractivity (Wildman–Crippen MR) is 54.5 cm³/mol. The van der Waals surface area contributed by atoms with E-state index in [2.05, 4.69) is 4.74 Å². The molecule has 100 valence electrons.